The van der Waals surface area contributed by atoms with Crippen LogP contribution in [0.1, 0.15) is 52.6 Å². The Balaban J connectivity index is 1.94. The van der Waals surface area contributed by atoms with Crippen molar-refractivity contribution in [3.05, 3.63) is 71.3 Å². The lowest BCUT2D eigenvalue weighted by Crippen LogP contribution is -2.27. The molecule has 0 aliphatic heterocycles. The fraction of sp³-hybridized carbons (Fsp3) is 0.273. The molecule has 0 saturated heterocycles. The largest absolute Gasteiger partial charge is 0.478 e. The molecule has 3 aromatic rings. The number of pyridine rings is 1. The first-order valence-corrected chi connectivity index (χ1v) is 9.20. The fourth-order valence-electron chi connectivity index (χ4n) is 2.89. The van der Waals surface area contributed by atoms with E-state index in [0.29, 0.717) is 16.9 Å². The van der Waals surface area contributed by atoms with Gasteiger partial charge in [-0.2, -0.15) is 5.10 Å². The van der Waals surface area contributed by atoms with E-state index < -0.39 is 5.97 Å². The van der Waals surface area contributed by atoms with Gasteiger partial charge in [-0.1, -0.05) is 26.8 Å². The highest BCUT2D eigenvalue weighted by molar-refractivity contribution is 6.06. The maximum absolute atomic E-state index is 13.1. The van der Waals surface area contributed by atoms with Crippen LogP contribution in [-0.4, -0.2) is 38.8 Å². The van der Waals surface area contributed by atoms with Gasteiger partial charge in [0.2, 0.25) is 0 Å². The Labute approximate surface area is 169 Å². The number of aromatic carboxylic acids is 1. The van der Waals surface area contributed by atoms with E-state index in [2.05, 4.69) is 30.9 Å². The number of carbonyl (C=O) groups is 2. The van der Waals surface area contributed by atoms with Crippen LogP contribution in [-0.2, 0) is 5.41 Å². The van der Waals surface area contributed by atoms with Gasteiger partial charge in [0.25, 0.3) is 5.91 Å². The number of aryl methyl sites for hydroxylation is 1. The summed E-state index contributed by atoms with van der Waals surface area (Å²) in [5.41, 5.74) is 3.75. The molecule has 0 saturated carbocycles. The van der Waals surface area contributed by atoms with Gasteiger partial charge < -0.3 is 10.0 Å². The molecule has 0 radical (unpaired) electrons. The van der Waals surface area contributed by atoms with Crippen molar-refractivity contribution in [1.29, 1.82) is 0 Å². The number of carboxylic acid groups (broad SMARTS) is 1. The third-order valence-electron chi connectivity index (χ3n) is 4.81. The molecule has 2 heterocycles. The standard InChI is InChI=1S/C22H24N4O3/c1-14-6-7-15(8-19(14)26-13-16(10-24-26)21(28)29)20(27)25(5)18-9-17(11-23-12-18)22(2,3)4/h6-13H,1-5H3,(H,28,29). The third kappa shape index (κ3) is 4.18. The maximum atomic E-state index is 13.1. The minimum absolute atomic E-state index is 0.0775. The summed E-state index contributed by atoms with van der Waals surface area (Å²) in [4.78, 5) is 30.1. The molecule has 0 atom stereocenters. The summed E-state index contributed by atoms with van der Waals surface area (Å²) in [5.74, 6) is -1.24. The zero-order chi connectivity index (χ0) is 21.3. The van der Waals surface area contributed by atoms with Gasteiger partial charge in [-0.25, -0.2) is 9.48 Å². The predicted molar refractivity (Wildman–Crippen MR) is 111 cm³/mol. The number of hydrogen-bond donors (Lipinski definition) is 1. The molecule has 150 valence electrons. The van der Waals surface area contributed by atoms with Crippen LogP contribution in [0.25, 0.3) is 5.69 Å². The molecule has 0 bridgehead atoms. The second-order valence-electron chi connectivity index (χ2n) is 8.03. The highest BCUT2D eigenvalue weighted by Crippen LogP contribution is 2.26. The monoisotopic (exact) mass is 392 g/mol. The third-order valence-corrected chi connectivity index (χ3v) is 4.81. The quantitative estimate of drug-likeness (QED) is 0.729. The molecule has 7 nitrogen and oxygen atoms in total. The molecule has 29 heavy (non-hydrogen) atoms. The van der Waals surface area contributed by atoms with Gasteiger partial charge in [0.15, 0.2) is 0 Å². The van der Waals surface area contributed by atoms with Crippen molar-refractivity contribution in [2.45, 2.75) is 33.1 Å². The summed E-state index contributed by atoms with van der Waals surface area (Å²) >= 11 is 0. The van der Waals surface area contributed by atoms with Crippen LogP contribution < -0.4 is 4.90 Å². The Kier molecular flexibility index (Phi) is 5.24. The van der Waals surface area contributed by atoms with Crippen LogP contribution in [0.4, 0.5) is 5.69 Å². The van der Waals surface area contributed by atoms with E-state index in [-0.39, 0.29) is 16.9 Å². The zero-order valence-corrected chi connectivity index (χ0v) is 17.2. The average molecular weight is 392 g/mol. The molecule has 7 heteroatoms. The fourth-order valence-corrected chi connectivity index (χ4v) is 2.89. The maximum Gasteiger partial charge on any atom is 0.338 e. The van der Waals surface area contributed by atoms with Crippen molar-refractivity contribution in [3.63, 3.8) is 0 Å². The summed E-state index contributed by atoms with van der Waals surface area (Å²) in [6.07, 6.45) is 6.18. The number of nitrogens with zero attached hydrogens (tertiary/aromatic N) is 4. The lowest BCUT2D eigenvalue weighted by molar-refractivity contribution is 0.0696. The van der Waals surface area contributed by atoms with Crippen molar-refractivity contribution in [2.75, 3.05) is 11.9 Å². The lowest BCUT2D eigenvalue weighted by atomic mass is 9.88. The van der Waals surface area contributed by atoms with Crippen molar-refractivity contribution < 1.29 is 14.7 Å². The molecule has 0 fully saturated rings. The molecule has 0 aliphatic carbocycles. The van der Waals surface area contributed by atoms with Gasteiger partial charge in [0.05, 0.1) is 29.3 Å². The minimum atomic E-state index is -1.05. The number of aromatic nitrogens is 3. The summed E-state index contributed by atoms with van der Waals surface area (Å²) in [6, 6.07) is 7.25. The van der Waals surface area contributed by atoms with Crippen molar-refractivity contribution in [2.24, 2.45) is 0 Å². The molecule has 0 spiro atoms. The Morgan fingerprint density at radius 1 is 1.07 bits per heavy atom. The summed E-state index contributed by atoms with van der Waals surface area (Å²) in [6.45, 7) is 8.16. The molecule has 1 aromatic carbocycles. The van der Waals surface area contributed by atoms with Crippen LogP contribution >= 0.6 is 0 Å². The number of anilines is 1. The second-order valence-corrected chi connectivity index (χ2v) is 8.03. The second kappa shape index (κ2) is 7.50. The van der Waals surface area contributed by atoms with E-state index in [1.165, 1.54) is 17.1 Å². The number of carboxylic acids is 1. The van der Waals surface area contributed by atoms with E-state index in [4.69, 9.17) is 5.11 Å². The minimum Gasteiger partial charge on any atom is -0.478 e. The summed E-state index contributed by atoms with van der Waals surface area (Å²) in [5, 5.41) is 13.2. The van der Waals surface area contributed by atoms with Gasteiger partial charge in [-0.05, 0) is 41.7 Å². The highest BCUT2D eigenvalue weighted by Gasteiger charge is 2.19. The topological polar surface area (TPSA) is 88.3 Å². The van der Waals surface area contributed by atoms with E-state index in [9.17, 15) is 9.59 Å². The first-order valence-electron chi connectivity index (χ1n) is 9.20. The van der Waals surface area contributed by atoms with Crippen LogP contribution in [0.5, 0.6) is 0 Å². The van der Waals surface area contributed by atoms with E-state index in [1.807, 2.05) is 25.3 Å². The zero-order valence-electron chi connectivity index (χ0n) is 17.2. The van der Waals surface area contributed by atoms with Gasteiger partial charge in [0.1, 0.15) is 0 Å². The SMILES string of the molecule is Cc1ccc(C(=O)N(C)c2cncc(C(C)(C)C)c2)cc1-n1cc(C(=O)O)cn1. The van der Waals surface area contributed by atoms with Crippen LogP contribution in [0.3, 0.4) is 0 Å². The smallest absolute Gasteiger partial charge is 0.338 e. The molecule has 0 aliphatic rings. The molecule has 0 unspecified atom stereocenters. The van der Waals surface area contributed by atoms with Crippen LogP contribution in [0, 0.1) is 6.92 Å². The Bertz CT molecular complexity index is 1080. The van der Waals surface area contributed by atoms with Gasteiger partial charge >= 0.3 is 5.97 Å². The normalized spacial score (nSPS) is 11.3. The summed E-state index contributed by atoms with van der Waals surface area (Å²) < 4.78 is 1.47. The number of benzene rings is 1. The first kappa shape index (κ1) is 20.3. The number of amides is 1. The average Bonchev–Trinajstić information content (AvgIpc) is 3.17. The first-order chi connectivity index (χ1) is 13.6. The molecular formula is C22H24N4O3. The van der Waals surface area contributed by atoms with Crippen LogP contribution in [0.2, 0.25) is 0 Å². The van der Waals surface area contributed by atoms with Crippen molar-refractivity contribution in [3.8, 4) is 5.69 Å². The number of hydrogen-bond acceptors (Lipinski definition) is 4. The van der Waals surface area contributed by atoms with Crippen molar-refractivity contribution in [1.82, 2.24) is 14.8 Å². The highest BCUT2D eigenvalue weighted by atomic mass is 16.4. The molecular weight excluding hydrogens is 368 g/mol. The van der Waals surface area contributed by atoms with Crippen molar-refractivity contribution >= 4 is 17.6 Å². The number of rotatable bonds is 4. The molecule has 1 amide bonds. The van der Waals surface area contributed by atoms with Gasteiger partial charge in [0, 0.05) is 25.0 Å². The Hall–Kier alpha value is -3.48. The number of carbonyl (C=O) groups excluding carboxylic acids is 1. The molecule has 3 rings (SSSR count). The predicted octanol–water partition coefficient (Wildman–Crippen LogP) is 3.85. The lowest BCUT2D eigenvalue weighted by Gasteiger charge is -2.22. The summed E-state index contributed by atoms with van der Waals surface area (Å²) in [7, 11) is 1.71. The van der Waals surface area contributed by atoms with E-state index in [1.54, 1.807) is 30.3 Å². The molecule has 1 N–H and O–H groups in total. The van der Waals surface area contributed by atoms with Gasteiger partial charge in [-0.15, -0.1) is 0 Å². The van der Waals surface area contributed by atoms with Crippen LogP contribution in [0.15, 0.2) is 49.1 Å². The Morgan fingerprint density at radius 3 is 2.41 bits per heavy atom. The van der Waals surface area contributed by atoms with E-state index >= 15 is 0 Å². The Morgan fingerprint density at radius 2 is 1.79 bits per heavy atom. The van der Waals surface area contributed by atoms with Gasteiger partial charge in [-0.3, -0.25) is 9.78 Å². The van der Waals surface area contributed by atoms with E-state index in [0.717, 1.165) is 11.1 Å². The molecule has 2 aromatic heterocycles.